The van der Waals surface area contributed by atoms with Crippen LogP contribution in [0.5, 0.6) is 0 Å². The molecule has 2 aliphatic rings. The molecule has 34 heavy (non-hydrogen) atoms. The second-order valence-electron chi connectivity index (χ2n) is 9.32. The van der Waals surface area contributed by atoms with E-state index in [1.165, 1.54) is 22.1 Å². The predicted molar refractivity (Wildman–Crippen MR) is 128 cm³/mol. The molecule has 0 saturated heterocycles. The minimum absolute atomic E-state index is 0.0137. The summed E-state index contributed by atoms with van der Waals surface area (Å²) in [5, 5.41) is 4.13. The summed E-state index contributed by atoms with van der Waals surface area (Å²) in [6, 6.07) is 10.9. The SMILES string of the molecule is CCc1cc(CON=C(C)c2ccc(C3CCCCC3)c(C(F)(F)F)c2)ccc1C[NH+]1C=C[CH-]1. The van der Waals surface area contributed by atoms with Crippen LogP contribution in [0.15, 0.2) is 53.8 Å². The van der Waals surface area contributed by atoms with Crippen LogP contribution in [0, 0.1) is 6.54 Å². The van der Waals surface area contributed by atoms with Gasteiger partial charge in [0.1, 0.15) is 6.61 Å². The number of alkyl halides is 3. The smallest absolute Gasteiger partial charge is 0.416 e. The monoisotopic (exact) mass is 470 g/mol. The Hall–Kier alpha value is -2.73. The number of halogens is 3. The summed E-state index contributed by atoms with van der Waals surface area (Å²) in [5.41, 5.74) is 4.35. The lowest BCUT2D eigenvalue weighted by molar-refractivity contribution is -0.840. The van der Waals surface area contributed by atoms with Crippen LogP contribution in [0.1, 0.15) is 85.3 Å². The molecule has 3 nitrogen and oxygen atoms in total. The first-order valence-electron chi connectivity index (χ1n) is 12.2. The summed E-state index contributed by atoms with van der Waals surface area (Å²) < 4.78 is 41.6. The molecular weight excluding hydrogens is 437 g/mol. The van der Waals surface area contributed by atoms with E-state index >= 15 is 0 Å². The van der Waals surface area contributed by atoms with Gasteiger partial charge in [0.25, 0.3) is 0 Å². The van der Waals surface area contributed by atoms with Crippen molar-refractivity contribution in [3.8, 4) is 0 Å². The number of oxime groups is 1. The molecule has 1 fully saturated rings. The molecule has 1 aliphatic heterocycles. The van der Waals surface area contributed by atoms with Crippen molar-refractivity contribution in [1.29, 1.82) is 0 Å². The average molecular weight is 471 g/mol. The quantitative estimate of drug-likeness (QED) is 0.272. The third-order valence-electron chi connectivity index (χ3n) is 6.92. The van der Waals surface area contributed by atoms with Crippen molar-refractivity contribution < 1.29 is 22.9 Å². The van der Waals surface area contributed by atoms with E-state index in [1.807, 2.05) is 12.1 Å². The second-order valence-corrected chi connectivity index (χ2v) is 9.32. The summed E-state index contributed by atoms with van der Waals surface area (Å²) in [4.78, 5) is 6.87. The van der Waals surface area contributed by atoms with Crippen LogP contribution in [-0.2, 0) is 30.6 Å². The van der Waals surface area contributed by atoms with Gasteiger partial charge in [-0.2, -0.15) is 13.2 Å². The van der Waals surface area contributed by atoms with E-state index in [9.17, 15) is 13.2 Å². The Morgan fingerprint density at radius 1 is 1.09 bits per heavy atom. The van der Waals surface area contributed by atoms with E-state index in [4.69, 9.17) is 4.84 Å². The highest BCUT2D eigenvalue weighted by molar-refractivity contribution is 5.98. The number of nitrogens with one attached hydrogen (secondary N) is 1. The molecule has 182 valence electrons. The van der Waals surface area contributed by atoms with E-state index in [0.29, 0.717) is 16.8 Å². The number of nitrogens with zero attached hydrogens (tertiary/aromatic N) is 1. The van der Waals surface area contributed by atoms with E-state index in [0.717, 1.165) is 50.6 Å². The molecular formula is C28H33F3N2O. The Balaban J connectivity index is 1.45. The maximum Gasteiger partial charge on any atom is 0.416 e. The first kappa shape index (κ1) is 24.4. The van der Waals surface area contributed by atoms with Crippen molar-refractivity contribution in [2.24, 2.45) is 5.16 Å². The van der Waals surface area contributed by atoms with Gasteiger partial charge in [0.15, 0.2) is 0 Å². The molecule has 1 heterocycles. The number of hydrogen-bond acceptors (Lipinski definition) is 2. The van der Waals surface area contributed by atoms with Gasteiger partial charge in [-0.1, -0.05) is 74.4 Å². The number of hydrogen-bond donors (Lipinski definition) is 1. The first-order chi connectivity index (χ1) is 16.3. The van der Waals surface area contributed by atoms with Crippen LogP contribution in [0.25, 0.3) is 0 Å². The summed E-state index contributed by atoms with van der Waals surface area (Å²) in [6.07, 6.45) is 5.46. The lowest BCUT2D eigenvalue weighted by Gasteiger charge is -2.30. The number of benzene rings is 2. The van der Waals surface area contributed by atoms with Crippen LogP contribution >= 0.6 is 0 Å². The summed E-state index contributed by atoms with van der Waals surface area (Å²) >= 11 is 0. The van der Waals surface area contributed by atoms with Gasteiger partial charge < -0.3 is 9.74 Å². The lowest BCUT2D eigenvalue weighted by atomic mass is 9.81. The van der Waals surface area contributed by atoms with Gasteiger partial charge in [-0.25, -0.2) is 0 Å². The topological polar surface area (TPSA) is 26.0 Å². The molecule has 1 atom stereocenters. The van der Waals surface area contributed by atoms with Crippen molar-refractivity contribution in [1.82, 2.24) is 0 Å². The molecule has 2 aromatic rings. The Labute approximate surface area is 200 Å². The molecule has 0 aromatic heterocycles. The highest BCUT2D eigenvalue weighted by Crippen LogP contribution is 2.41. The van der Waals surface area contributed by atoms with Crippen LogP contribution < -0.4 is 4.90 Å². The van der Waals surface area contributed by atoms with Gasteiger partial charge in [-0.15, -0.1) is 6.08 Å². The zero-order valence-electron chi connectivity index (χ0n) is 19.9. The largest absolute Gasteiger partial charge is 0.421 e. The third-order valence-corrected chi connectivity index (χ3v) is 6.92. The highest BCUT2D eigenvalue weighted by Gasteiger charge is 2.36. The van der Waals surface area contributed by atoms with E-state index < -0.39 is 11.7 Å². The van der Waals surface area contributed by atoms with Crippen molar-refractivity contribution in [3.05, 3.63) is 88.6 Å². The Morgan fingerprint density at radius 2 is 1.85 bits per heavy atom. The molecule has 0 amide bonds. The molecule has 6 heteroatoms. The van der Waals surface area contributed by atoms with Gasteiger partial charge in [0.05, 0.1) is 17.8 Å². The number of aryl methyl sites for hydroxylation is 1. The highest BCUT2D eigenvalue weighted by atomic mass is 19.4. The Bertz CT molecular complexity index is 1050. The zero-order valence-corrected chi connectivity index (χ0v) is 19.9. The summed E-state index contributed by atoms with van der Waals surface area (Å²) in [6.45, 7) is 7.15. The molecule has 1 aliphatic carbocycles. The standard InChI is InChI=1S/C28H33F3N2O/c1-3-22-16-21(10-11-25(22)18-33-14-7-15-33)19-34-32-20(2)24-12-13-26(23-8-5-4-6-9-23)27(17-24)28(29,30)31/h7,10-17,23,33H,3-6,8-9,18-19H2,1-2H3. The van der Waals surface area contributed by atoms with Gasteiger partial charge in [0.2, 0.25) is 0 Å². The van der Waals surface area contributed by atoms with Crippen LogP contribution in [-0.4, -0.2) is 5.71 Å². The van der Waals surface area contributed by atoms with Crippen molar-refractivity contribution in [2.75, 3.05) is 0 Å². The zero-order chi connectivity index (χ0) is 24.1. The first-order valence-corrected chi connectivity index (χ1v) is 12.2. The summed E-state index contributed by atoms with van der Waals surface area (Å²) in [5.74, 6) is -0.0137. The van der Waals surface area contributed by atoms with Gasteiger partial charge in [-0.3, -0.25) is 0 Å². The van der Waals surface area contributed by atoms with Crippen LogP contribution in [0.3, 0.4) is 0 Å². The minimum Gasteiger partial charge on any atom is -0.421 e. The normalized spacial score (nSPS) is 19.0. The van der Waals surface area contributed by atoms with Crippen molar-refractivity contribution in [2.45, 2.75) is 77.6 Å². The van der Waals surface area contributed by atoms with Gasteiger partial charge >= 0.3 is 6.18 Å². The third kappa shape index (κ3) is 5.84. The summed E-state index contributed by atoms with van der Waals surface area (Å²) in [7, 11) is 0. The maximum absolute atomic E-state index is 13.9. The van der Waals surface area contributed by atoms with Crippen molar-refractivity contribution in [3.63, 3.8) is 0 Å². The minimum atomic E-state index is -4.38. The van der Waals surface area contributed by atoms with E-state index in [2.05, 4.69) is 37.0 Å². The number of quaternary nitrogens is 1. The average Bonchev–Trinajstić information content (AvgIpc) is 2.81. The molecule has 1 unspecified atom stereocenters. The van der Waals surface area contributed by atoms with Crippen LogP contribution in [0.2, 0.25) is 0 Å². The van der Waals surface area contributed by atoms with Crippen LogP contribution in [0.4, 0.5) is 13.2 Å². The molecule has 0 radical (unpaired) electrons. The van der Waals surface area contributed by atoms with E-state index in [1.54, 1.807) is 19.1 Å². The fourth-order valence-corrected chi connectivity index (χ4v) is 4.89. The van der Waals surface area contributed by atoms with Crippen molar-refractivity contribution >= 4 is 5.71 Å². The van der Waals surface area contributed by atoms with E-state index in [-0.39, 0.29) is 12.5 Å². The molecule has 0 spiro atoms. The lowest BCUT2D eigenvalue weighted by Crippen LogP contribution is -3.06. The van der Waals surface area contributed by atoms with Gasteiger partial charge in [0, 0.05) is 5.56 Å². The Kier molecular flexibility index (Phi) is 7.67. The molecule has 2 aromatic carbocycles. The van der Waals surface area contributed by atoms with Gasteiger partial charge in [-0.05, 0) is 60.4 Å². The predicted octanol–water partition coefficient (Wildman–Crippen LogP) is 6.33. The number of rotatable bonds is 8. The fraction of sp³-hybridized carbons (Fsp3) is 0.429. The Morgan fingerprint density at radius 3 is 2.50 bits per heavy atom. The molecule has 4 rings (SSSR count). The second kappa shape index (κ2) is 10.7. The molecule has 0 bridgehead atoms. The molecule has 1 saturated carbocycles. The molecule has 1 N–H and O–H groups in total. The maximum atomic E-state index is 13.9. The fourth-order valence-electron chi connectivity index (χ4n) is 4.89.